The molecule has 0 spiro atoms. The third-order valence-electron chi connectivity index (χ3n) is 1.57. The highest BCUT2D eigenvalue weighted by molar-refractivity contribution is 5.72. The van der Waals surface area contributed by atoms with Crippen molar-refractivity contribution in [3.05, 3.63) is 29.8 Å². The van der Waals surface area contributed by atoms with Crippen LogP contribution in [0.15, 0.2) is 18.2 Å². The number of carboxylic acids is 1. The average Bonchev–Trinajstić information content (AvgIpc) is 2.12. The highest BCUT2D eigenvalue weighted by Gasteiger charge is 2.16. The van der Waals surface area contributed by atoms with Gasteiger partial charge in [-0.3, -0.25) is 0 Å². The molecule has 0 aliphatic heterocycles. The Morgan fingerprint density at radius 1 is 1.50 bits per heavy atom. The van der Waals surface area contributed by atoms with Gasteiger partial charge in [0.2, 0.25) is 5.82 Å². The summed E-state index contributed by atoms with van der Waals surface area (Å²) in [5, 5.41) is 8.46. The van der Waals surface area contributed by atoms with Crippen LogP contribution in [0.4, 0.5) is 8.78 Å². The highest BCUT2D eigenvalue weighted by Crippen LogP contribution is 2.20. The van der Waals surface area contributed by atoms with Crippen LogP contribution in [0.25, 0.3) is 0 Å². The van der Waals surface area contributed by atoms with Crippen molar-refractivity contribution in [1.29, 1.82) is 0 Å². The molecule has 1 N–H and O–H groups in total. The lowest BCUT2D eigenvalue weighted by molar-refractivity contribution is -0.144. The highest BCUT2D eigenvalue weighted by atomic mass is 19.2. The number of halogens is 2. The Labute approximate surface area is 78.9 Å². The average molecular weight is 202 g/mol. The molecule has 3 nitrogen and oxygen atoms in total. The molecule has 1 atom stereocenters. The van der Waals surface area contributed by atoms with E-state index in [1.807, 2.05) is 0 Å². The molecule has 0 saturated carbocycles. The third kappa shape index (κ3) is 2.18. The molecular weight excluding hydrogens is 194 g/mol. The number of carbonyl (C=O) groups is 1. The first kappa shape index (κ1) is 10.4. The summed E-state index contributed by atoms with van der Waals surface area (Å²) in [7, 11) is 0. The van der Waals surface area contributed by atoms with E-state index in [2.05, 4.69) is 4.74 Å². The van der Waals surface area contributed by atoms with E-state index < -0.39 is 29.5 Å². The lowest BCUT2D eigenvalue weighted by atomic mass is 10.3. The predicted octanol–water partition coefficient (Wildman–Crippen LogP) is 1.82. The summed E-state index contributed by atoms with van der Waals surface area (Å²) in [5.41, 5.74) is 0. The van der Waals surface area contributed by atoms with Crippen LogP contribution in [0.5, 0.6) is 5.75 Å². The topological polar surface area (TPSA) is 46.5 Å². The Hall–Kier alpha value is -1.65. The van der Waals surface area contributed by atoms with Gasteiger partial charge in [0.25, 0.3) is 0 Å². The van der Waals surface area contributed by atoms with E-state index in [1.165, 1.54) is 13.0 Å². The SMILES string of the molecule is CC(Oc1cccc(F)c1F)C(=O)O. The Bertz CT molecular complexity index is 352. The van der Waals surface area contributed by atoms with Gasteiger partial charge in [0.1, 0.15) is 0 Å². The number of carboxylic acid groups (broad SMARTS) is 1. The predicted molar refractivity (Wildman–Crippen MR) is 44.1 cm³/mol. The third-order valence-corrected chi connectivity index (χ3v) is 1.57. The van der Waals surface area contributed by atoms with Crippen LogP contribution >= 0.6 is 0 Å². The number of hydrogen-bond donors (Lipinski definition) is 1. The summed E-state index contributed by atoms with van der Waals surface area (Å²) in [4.78, 5) is 10.4. The largest absolute Gasteiger partial charge is 0.479 e. The zero-order chi connectivity index (χ0) is 10.7. The molecule has 0 radical (unpaired) electrons. The Morgan fingerprint density at radius 3 is 2.71 bits per heavy atom. The van der Waals surface area contributed by atoms with Crippen molar-refractivity contribution in [2.45, 2.75) is 13.0 Å². The first-order valence-electron chi connectivity index (χ1n) is 3.86. The van der Waals surface area contributed by atoms with Gasteiger partial charge in [0, 0.05) is 0 Å². The lowest BCUT2D eigenvalue weighted by Gasteiger charge is -2.10. The number of hydrogen-bond acceptors (Lipinski definition) is 2. The van der Waals surface area contributed by atoms with Crippen molar-refractivity contribution in [1.82, 2.24) is 0 Å². The maximum Gasteiger partial charge on any atom is 0.344 e. The first-order chi connectivity index (χ1) is 6.52. The monoisotopic (exact) mass is 202 g/mol. The lowest BCUT2D eigenvalue weighted by Crippen LogP contribution is -2.23. The van der Waals surface area contributed by atoms with Crippen LogP contribution in [0.2, 0.25) is 0 Å². The van der Waals surface area contributed by atoms with E-state index in [4.69, 9.17) is 5.11 Å². The number of benzene rings is 1. The van der Waals surface area contributed by atoms with Crippen LogP contribution in [0.3, 0.4) is 0 Å². The number of ether oxygens (including phenoxy) is 1. The summed E-state index contributed by atoms with van der Waals surface area (Å²) in [6.45, 7) is 1.23. The van der Waals surface area contributed by atoms with E-state index in [-0.39, 0.29) is 0 Å². The first-order valence-corrected chi connectivity index (χ1v) is 3.86. The molecule has 76 valence electrons. The molecule has 0 bridgehead atoms. The van der Waals surface area contributed by atoms with Gasteiger partial charge in [-0.2, -0.15) is 4.39 Å². The number of aliphatic carboxylic acids is 1. The molecule has 1 aromatic rings. The zero-order valence-electron chi connectivity index (χ0n) is 7.33. The van der Waals surface area contributed by atoms with E-state index in [0.717, 1.165) is 12.1 Å². The van der Waals surface area contributed by atoms with Gasteiger partial charge < -0.3 is 9.84 Å². The van der Waals surface area contributed by atoms with Crippen molar-refractivity contribution in [2.24, 2.45) is 0 Å². The molecule has 1 aromatic carbocycles. The maximum absolute atomic E-state index is 12.9. The van der Waals surface area contributed by atoms with Gasteiger partial charge in [0.05, 0.1) is 0 Å². The molecule has 0 aliphatic rings. The molecule has 0 heterocycles. The summed E-state index contributed by atoms with van der Waals surface area (Å²) < 4.78 is 30.2. The van der Waals surface area contributed by atoms with Crippen LogP contribution < -0.4 is 4.74 Å². The van der Waals surface area contributed by atoms with Crippen molar-refractivity contribution in [3.63, 3.8) is 0 Å². The van der Waals surface area contributed by atoms with E-state index in [1.54, 1.807) is 0 Å². The minimum atomic E-state index is -1.24. The fraction of sp³-hybridized carbons (Fsp3) is 0.222. The molecule has 1 unspecified atom stereocenters. The Balaban J connectivity index is 2.87. The second-order valence-electron chi connectivity index (χ2n) is 2.65. The standard InChI is InChI=1S/C9H8F2O3/c1-5(9(12)13)14-7-4-2-3-6(10)8(7)11/h2-5H,1H3,(H,12,13). The van der Waals surface area contributed by atoms with Crippen molar-refractivity contribution >= 4 is 5.97 Å². The van der Waals surface area contributed by atoms with Crippen molar-refractivity contribution < 1.29 is 23.4 Å². The molecule has 0 aliphatic carbocycles. The van der Waals surface area contributed by atoms with Crippen molar-refractivity contribution in [2.75, 3.05) is 0 Å². The fourth-order valence-corrected chi connectivity index (χ4v) is 0.816. The van der Waals surface area contributed by atoms with Gasteiger partial charge >= 0.3 is 5.97 Å². The second-order valence-corrected chi connectivity index (χ2v) is 2.65. The summed E-state index contributed by atoms with van der Waals surface area (Å²) >= 11 is 0. The summed E-state index contributed by atoms with van der Waals surface area (Å²) in [5.74, 6) is -3.89. The van der Waals surface area contributed by atoms with E-state index >= 15 is 0 Å². The molecule has 0 saturated heterocycles. The van der Waals surface area contributed by atoms with E-state index in [9.17, 15) is 13.6 Å². The van der Waals surface area contributed by atoms with Crippen LogP contribution in [0, 0.1) is 11.6 Å². The minimum absolute atomic E-state index is 0.403. The molecule has 0 fully saturated rings. The second kappa shape index (κ2) is 4.04. The zero-order valence-corrected chi connectivity index (χ0v) is 7.33. The molecule has 5 heteroatoms. The van der Waals surface area contributed by atoms with Gasteiger partial charge in [-0.15, -0.1) is 0 Å². The molecular formula is C9H8F2O3. The normalized spacial score (nSPS) is 12.2. The molecule has 0 aromatic heterocycles. The van der Waals surface area contributed by atoms with Gasteiger partial charge in [-0.05, 0) is 19.1 Å². The number of rotatable bonds is 3. The van der Waals surface area contributed by atoms with Crippen LogP contribution in [-0.4, -0.2) is 17.2 Å². The molecule has 1 rings (SSSR count). The Morgan fingerprint density at radius 2 is 2.14 bits per heavy atom. The van der Waals surface area contributed by atoms with Gasteiger partial charge in [-0.1, -0.05) is 6.07 Å². The van der Waals surface area contributed by atoms with Crippen molar-refractivity contribution in [3.8, 4) is 5.75 Å². The fourth-order valence-electron chi connectivity index (χ4n) is 0.816. The maximum atomic E-state index is 12.9. The summed E-state index contributed by atoms with van der Waals surface area (Å²) in [6.07, 6.45) is -1.22. The molecule has 14 heavy (non-hydrogen) atoms. The minimum Gasteiger partial charge on any atom is -0.479 e. The molecule has 0 amide bonds. The Kier molecular flexibility index (Phi) is 3.01. The quantitative estimate of drug-likeness (QED) is 0.813. The van der Waals surface area contributed by atoms with Gasteiger partial charge in [0.15, 0.2) is 17.7 Å². The van der Waals surface area contributed by atoms with Crippen LogP contribution in [0.1, 0.15) is 6.92 Å². The van der Waals surface area contributed by atoms with Crippen LogP contribution in [-0.2, 0) is 4.79 Å². The van der Waals surface area contributed by atoms with Gasteiger partial charge in [-0.25, -0.2) is 9.18 Å². The smallest absolute Gasteiger partial charge is 0.344 e. The van der Waals surface area contributed by atoms with E-state index in [0.29, 0.717) is 0 Å². The summed E-state index contributed by atoms with van der Waals surface area (Å²) in [6, 6.07) is 3.33.